The Kier molecular flexibility index (Phi) is 3.56. The van der Waals surface area contributed by atoms with Gasteiger partial charge in [0.25, 0.3) is 5.91 Å². The van der Waals surface area contributed by atoms with Crippen molar-refractivity contribution >= 4 is 11.6 Å². The second kappa shape index (κ2) is 5.77. The summed E-state index contributed by atoms with van der Waals surface area (Å²) < 4.78 is 24.5. The Morgan fingerprint density at radius 2 is 2.08 bits per heavy atom. The van der Waals surface area contributed by atoms with Crippen molar-refractivity contribution in [1.29, 1.82) is 0 Å². The Morgan fingerprint density at radius 1 is 1.28 bits per heavy atom. The molecule has 4 rings (SSSR count). The molecule has 1 aliphatic heterocycles. The zero-order chi connectivity index (χ0) is 17.6. The average Bonchev–Trinajstić information content (AvgIpc) is 3.20. The lowest BCUT2D eigenvalue weighted by molar-refractivity contribution is 0.0954. The maximum Gasteiger partial charge on any atom is 0.271 e. The van der Waals surface area contributed by atoms with E-state index in [0.29, 0.717) is 40.3 Å². The van der Waals surface area contributed by atoms with E-state index in [1.165, 1.54) is 12.1 Å². The Hall–Kier alpha value is -3.09. The molecule has 0 aromatic heterocycles. The SMILES string of the molecule is C[C@H]1C/C(=N\NC(=O)c2ccc3c(c2)OCO3)c2c(O)ccc(F)c21. The molecule has 0 saturated heterocycles. The Morgan fingerprint density at radius 3 is 2.92 bits per heavy atom. The highest BCUT2D eigenvalue weighted by Crippen LogP contribution is 2.39. The number of phenols is 1. The van der Waals surface area contributed by atoms with Gasteiger partial charge in [0.1, 0.15) is 11.6 Å². The summed E-state index contributed by atoms with van der Waals surface area (Å²) in [6.07, 6.45) is 0.436. The highest BCUT2D eigenvalue weighted by Gasteiger charge is 2.30. The molecular weight excluding hydrogens is 327 g/mol. The number of rotatable bonds is 2. The number of nitrogens with one attached hydrogen (secondary N) is 1. The van der Waals surface area contributed by atoms with Gasteiger partial charge in [-0.05, 0) is 42.7 Å². The molecule has 6 nitrogen and oxygen atoms in total. The highest BCUT2D eigenvalue weighted by molar-refractivity contribution is 6.08. The van der Waals surface area contributed by atoms with Crippen LogP contribution in [-0.2, 0) is 0 Å². The number of amides is 1. The third kappa shape index (κ3) is 2.57. The number of fused-ring (bicyclic) bond motifs is 2. The lowest BCUT2D eigenvalue weighted by Gasteiger charge is -2.06. The van der Waals surface area contributed by atoms with Crippen molar-refractivity contribution in [2.75, 3.05) is 6.79 Å². The predicted octanol–water partition coefficient (Wildman–Crippen LogP) is 2.90. The fourth-order valence-electron chi connectivity index (χ4n) is 3.18. The number of nitrogens with zero attached hydrogens (tertiary/aromatic N) is 1. The van der Waals surface area contributed by atoms with Crippen molar-refractivity contribution in [3.05, 3.63) is 52.8 Å². The van der Waals surface area contributed by atoms with E-state index >= 15 is 0 Å². The van der Waals surface area contributed by atoms with E-state index in [2.05, 4.69) is 10.5 Å². The van der Waals surface area contributed by atoms with E-state index in [1.807, 2.05) is 6.92 Å². The van der Waals surface area contributed by atoms with Gasteiger partial charge in [0.05, 0.1) is 5.71 Å². The second-order valence-electron chi connectivity index (χ2n) is 6.03. The molecule has 0 radical (unpaired) electrons. The lowest BCUT2D eigenvalue weighted by atomic mass is 10.0. The van der Waals surface area contributed by atoms with Gasteiger partial charge in [0.15, 0.2) is 11.5 Å². The fraction of sp³-hybridized carbons (Fsp3) is 0.222. The van der Waals surface area contributed by atoms with Gasteiger partial charge >= 0.3 is 0 Å². The van der Waals surface area contributed by atoms with Crippen molar-refractivity contribution in [2.45, 2.75) is 19.3 Å². The van der Waals surface area contributed by atoms with Crippen LogP contribution in [0.3, 0.4) is 0 Å². The maximum absolute atomic E-state index is 14.0. The van der Waals surface area contributed by atoms with Gasteiger partial charge in [0.2, 0.25) is 6.79 Å². The van der Waals surface area contributed by atoms with Gasteiger partial charge in [-0.25, -0.2) is 9.82 Å². The summed E-state index contributed by atoms with van der Waals surface area (Å²) in [5.74, 6) is 0.108. The molecule has 2 aliphatic rings. The molecule has 0 fully saturated rings. The van der Waals surface area contributed by atoms with Crippen LogP contribution in [0.2, 0.25) is 0 Å². The second-order valence-corrected chi connectivity index (χ2v) is 6.03. The van der Waals surface area contributed by atoms with E-state index < -0.39 is 5.91 Å². The molecule has 25 heavy (non-hydrogen) atoms. The average molecular weight is 342 g/mol. The molecule has 128 valence electrons. The largest absolute Gasteiger partial charge is 0.507 e. The summed E-state index contributed by atoms with van der Waals surface area (Å²) in [4.78, 5) is 12.3. The number of benzene rings is 2. The minimum Gasteiger partial charge on any atom is -0.507 e. The zero-order valence-electron chi connectivity index (χ0n) is 13.4. The molecular formula is C18H15FN2O4. The summed E-state index contributed by atoms with van der Waals surface area (Å²) in [5, 5.41) is 14.1. The zero-order valence-corrected chi connectivity index (χ0v) is 13.4. The van der Waals surface area contributed by atoms with Gasteiger partial charge in [0, 0.05) is 16.7 Å². The van der Waals surface area contributed by atoms with Crippen LogP contribution in [-0.4, -0.2) is 23.5 Å². The van der Waals surface area contributed by atoms with Gasteiger partial charge in [-0.3, -0.25) is 4.79 Å². The molecule has 2 aromatic carbocycles. The third-order valence-corrected chi connectivity index (χ3v) is 4.38. The summed E-state index contributed by atoms with van der Waals surface area (Å²) >= 11 is 0. The van der Waals surface area contributed by atoms with Crippen LogP contribution in [0.1, 0.15) is 40.7 Å². The van der Waals surface area contributed by atoms with Gasteiger partial charge in [-0.2, -0.15) is 5.10 Å². The first-order valence-corrected chi connectivity index (χ1v) is 7.83. The minimum absolute atomic E-state index is 0.0446. The van der Waals surface area contributed by atoms with Crippen molar-refractivity contribution in [1.82, 2.24) is 5.43 Å². The van der Waals surface area contributed by atoms with E-state index in [1.54, 1.807) is 18.2 Å². The predicted molar refractivity (Wildman–Crippen MR) is 87.7 cm³/mol. The van der Waals surface area contributed by atoms with E-state index in [0.717, 1.165) is 0 Å². The lowest BCUT2D eigenvalue weighted by Crippen LogP contribution is -2.19. The molecule has 0 unspecified atom stereocenters. The highest BCUT2D eigenvalue weighted by atomic mass is 19.1. The number of carbonyl (C=O) groups is 1. The van der Waals surface area contributed by atoms with Crippen LogP contribution in [0.5, 0.6) is 17.2 Å². The van der Waals surface area contributed by atoms with Crippen LogP contribution in [0.25, 0.3) is 0 Å². The summed E-state index contributed by atoms with van der Waals surface area (Å²) in [6.45, 7) is 1.98. The first kappa shape index (κ1) is 15.4. The Bertz CT molecular complexity index is 910. The number of phenolic OH excluding ortho intramolecular Hbond substituents is 1. The number of hydrogen-bond donors (Lipinski definition) is 2. The molecule has 7 heteroatoms. The number of halogens is 1. The Labute approximate surface area is 142 Å². The number of ether oxygens (including phenoxy) is 2. The van der Waals surface area contributed by atoms with Crippen LogP contribution in [0.4, 0.5) is 4.39 Å². The number of carbonyl (C=O) groups excluding carboxylic acids is 1. The van der Waals surface area contributed by atoms with Gasteiger partial charge in [-0.1, -0.05) is 6.92 Å². The van der Waals surface area contributed by atoms with Crippen molar-refractivity contribution in [3.8, 4) is 17.2 Å². The molecule has 1 heterocycles. The normalized spacial score (nSPS) is 19.1. The van der Waals surface area contributed by atoms with E-state index in [9.17, 15) is 14.3 Å². The number of hydrazone groups is 1. The van der Waals surface area contributed by atoms with Crippen LogP contribution < -0.4 is 14.9 Å². The van der Waals surface area contributed by atoms with E-state index in [-0.39, 0.29) is 24.3 Å². The molecule has 1 atom stereocenters. The number of hydrogen-bond acceptors (Lipinski definition) is 5. The number of aromatic hydroxyl groups is 1. The van der Waals surface area contributed by atoms with Crippen LogP contribution in [0, 0.1) is 5.82 Å². The van der Waals surface area contributed by atoms with Gasteiger partial charge in [-0.15, -0.1) is 0 Å². The molecule has 2 N–H and O–H groups in total. The van der Waals surface area contributed by atoms with Crippen molar-refractivity contribution < 1.29 is 23.8 Å². The van der Waals surface area contributed by atoms with Crippen molar-refractivity contribution in [3.63, 3.8) is 0 Å². The molecule has 1 aliphatic carbocycles. The first-order chi connectivity index (χ1) is 12.0. The third-order valence-electron chi connectivity index (χ3n) is 4.38. The monoisotopic (exact) mass is 342 g/mol. The maximum atomic E-state index is 14.0. The summed E-state index contributed by atoms with van der Waals surface area (Å²) in [6, 6.07) is 7.35. The molecule has 1 amide bonds. The van der Waals surface area contributed by atoms with Crippen LogP contribution >= 0.6 is 0 Å². The fourth-order valence-corrected chi connectivity index (χ4v) is 3.18. The first-order valence-electron chi connectivity index (χ1n) is 7.83. The smallest absolute Gasteiger partial charge is 0.271 e. The van der Waals surface area contributed by atoms with Crippen molar-refractivity contribution in [2.24, 2.45) is 5.10 Å². The topological polar surface area (TPSA) is 80.2 Å². The molecule has 0 bridgehead atoms. The Balaban J connectivity index is 1.59. The minimum atomic E-state index is -0.428. The van der Waals surface area contributed by atoms with Gasteiger partial charge < -0.3 is 14.6 Å². The standard InChI is InChI=1S/C18H15FN2O4/c1-9-6-12(17-13(22)4-3-11(19)16(9)17)20-21-18(23)10-2-5-14-15(7-10)25-8-24-14/h2-5,7,9,22H,6,8H2,1H3,(H,21,23)/b20-12+/t9-/m0/s1. The summed E-state index contributed by atoms with van der Waals surface area (Å²) in [7, 11) is 0. The van der Waals surface area contributed by atoms with E-state index in [4.69, 9.17) is 9.47 Å². The molecule has 0 spiro atoms. The summed E-state index contributed by atoms with van der Waals surface area (Å²) in [5.41, 5.74) is 4.06. The molecule has 0 saturated carbocycles. The molecule has 2 aromatic rings. The van der Waals surface area contributed by atoms with Crippen LogP contribution in [0.15, 0.2) is 35.4 Å². The quantitative estimate of drug-likeness (QED) is 0.823.